The van der Waals surface area contributed by atoms with E-state index in [9.17, 15) is 13.2 Å². The quantitative estimate of drug-likeness (QED) is 0.852. The summed E-state index contributed by atoms with van der Waals surface area (Å²) in [5, 5.41) is 2.59. The number of hydrogen-bond acceptors (Lipinski definition) is 4. The van der Waals surface area contributed by atoms with Crippen LogP contribution >= 0.6 is 11.6 Å². The zero-order chi connectivity index (χ0) is 15.3. The van der Waals surface area contributed by atoms with Gasteiger partial charge in [-0.2, -0.15) is 4.31 Å². The number of halogens is 1. The maximum atomic E-state index is 12.4. The molecule has 1 aromatic rings. The number of benzene rings is 1. The van der Waals surface area contributed by atoms with Crippen molar-refractivity contribution >= 4 is 27.5 Å². The standard InChI is InChI=1S/C12H17ClN2O4S/c1-4-15(8-12(16)14-2)20(17,18)9-5-6-11(19-3)10(13)7-9/h5-7H,4,8H2,1-3H3,(H,14,16). The summed E-state index contributed by atoms with van der Waals surface area (Å²) < 4.78 is 30.9. The third-order valence-electron chi connectivity index (χ3n) is 2.71. The normalized spacial score (nSPS) is 11.4. The first-order valence-electron chi connectivity index (χ1n) is 5.91. The minimum atomic E-state index is -3.77. The topological polar surface area (TPSA) is 75.7 Å². The van der Waals surface area contributed by atoms with Crippen molar-refractivity contribution in [1.82, 2.24) is 9.62 Å². The van der Waals surface area contributed by atoms with Crippen LogP contribution < -0.4 is 10.1 Å². The number of hydrogen-bond donors (Lipinski definition) is 1. The Labute approximate surface area is 123 Å². The van der Waals surface area contributed by atoms with Crippen molar-refractivity contribution in [1.29, 1.82) is 0 Å². The van der Waals surface area contributed by atoms with Gasteiger partial charge in [-0.3, -0.25) is 4.79 Å². The number of ether oxygens (including phenoxy) is 1. The van der Waals surface area contributed by atoms with E-state index in [1.54, 1.807) is 6.92 Å². The third-order valence-corrected chi connectivity index (χ3v) is 4.92. The van der Waals surface area contributed by atoms with Crippen LogP contribution in [-0.4, -0.2) is 45.9 Å². The van der Waals surface area contributed by atoms with Gasteiger partial charge < -0.3 is 10.1 Å². The summed E-state index contributed by atoms with van der Waals surface area (Å²) >= 11 is 5.93. The molecule has 0 bridgehead atoms. The Morgan fingerprint density at radius 3 is 2.55 bits per heavy atom. The fourth-order valence-electron chi connectivity index (χ4n) is 1.56. The molecule has 20 heavy (non-hydrogen) atoms. The van der Waals surface area contributed by atoms with Gasteiger partial charge in [0.05, 0.1) is 23.6 Å². The average molecular weight is 321 g/mol. The lowest BCUT2D eigenvalue weighted by molar-refractivity contribution is -0.120. The molecule has 0 aliphatic heterocycles. The molecule has 0 fully saturated rings. The molecule has 0 radical (unpaired) electrons. The molecule has 0 spiro atoms. The van der Waals surface area contributed by atoms with Crippen molar-refractivity contribution in [3.05, 3.63) is 23.2 Å². The number of nitrogens with one attached hydrogen (secondary N) is 1. The molecule has 0 heterocycles. The number of carbonyl (C=O) groups is 1. The van der Waals surface area contributed by atoms with Crippen molar-refractivity contribution in [2.45, 2.75) is 11.8 Å². The van der Waals surface area contributed by atoms with Gasteiger partial charge in [0.2, 0.25) is 15.9 Å². The SMILES string of the molecule is CCN(CC(=O)NC)S(=O)(=O)c1ccc(OC)c(Cl)c1. The number of amides is 1. The Kier molecular flexibility index (Phi) is 5.79. The van der Waals surface area contributed by atoms with Crippen LogP contribution in [0.25, 0.3) is 0 Å². The van der Waals surface area contributed by atoms with E-state index in [-0.39, 0.29) is 28.9 Å². The lowest BCUT2D eigenvalue weighted by Crippen LogP contribution is -2.39. The fraction of sp³-hybridized carbons (Fsp3) is 0.417. The third kappa shape index (κ3) is 3.62. The minimum absolute atomic E-state index is 0.0223. The lowest BCUT2D eigenvalue weighted by atomic mass is 10.3. The van der Waals surface area contributed by atoms with Crippen molar-refractivity contribution < 1.29 is 17.9 Å². The van der Waals surface area contributed by atoms with Gasteiger partial charge in [0.1, 0.15) is 5.75 Å². The van der Waals surface area contributed by atoms with Gasteiger partial charge in [-0.05, 0) is 18.2 Å². The Balaban J connectivity index is 3.14. The van der Waals surface area contributed by atoms with Crippen molar-refractivity contribution in [2.75, 3.05) is 27.2 Å². The summed E-state index contributed by atoms with van der Waals surface area (Å²) in [5.41, 5.74) is 0. The first-order valence-corrected chi connectivity index (χ1v) is 7.72. The van der Waals surface area contributed by atoms with Crippen LogP contribution in [0.3, 0.4) is 0 Å². The second kappa shape index (κ2) is 6.92. The smallest absolute Gasteiger partial charge is 0.243 e. The number of sulfonamides is 1. The maximum absolute atomic E-state index is 12.4. The Morgan fingerprint density at radius 2 is 2.10 bits per heavy atom. The zero-order valence-electron chi connectivity index (χ0n) is 11.5. The molecule has 1 N–H and O–H groups in total. The van der Waals surface area contributed by atoms with Crippen LogP contribution in [0.2, 0.25) is 5.02 Å². The first-order chi connectivity index (χ1) is 9.36. The highest BCUT2D eigenvalue weighted by Gasteiger charge is 2.25. The first kappa shape index (κ1) is 16.7. The fourth-order valence-corrected chi connectivity index (χ4v) is 3.32. The van der Waals surface area contributed by atoms with E-state index in [0.29, 0.717) is 5.75 Å². The van der Waals surface area contributed by atoms with E-state index in [1.807, 2.05) is 0 Å². The highest BCUT2D eigenvalue weighted by molar-refractivity contribution is 7.89. The molecule has 0 atom stereocenters. The van der Waals surface area contributed by atoms with Gasteiger partial charge >= 0.3 is 0 Å². The maximum Gasteiger partial charge on any atom is 0.243 e. The average Bonchev–Trinajstić information content (AvgIpc) is 2.43. The molecule has 0 aromatic heterocycles. The van der Waals surface area contributed by atoms with Crippen molar-refractivity contribution in [3.8, 4) is 5.75 Å². The monoisotopic (exact) mass is 320 g/mol. The van der Waals surface area contributed by atoms with E-state index in [1.165, 1.54) is 32.4 Å². The number of carbonyl (C=O) groups excluding carboxylic acids is 1. The minimum Gasteiger partial charge on any atom is -0.495 e. The molecule has 112 valence electrons. The highest BCUT2D eigenvalue weighted by atomic mass is 35.5. The second-order valence-electron chi connectivity index (χ2n) is 3.90. The highest BCUT2D eigenvalue weighted by Crippen LogP contribution is 2.28. The van der Waals surface area contributed by atoms with Crippen LogP contribution in [-0.2, 0) is 14.8 Å². The van der Waals surface area contributed by atoms with Gasteiger partial charge in [0, 0.05) is 13.6 Å². The summed E-state index contributed by atoms with van der Waals surface area (Å²) in [5.74, 6) is 0.00926. The number of methoxy groups -OCH3 is 1. The van der Waals surface area contributed by atoms with Gasteiger partial charge in [0.25, 0.3) is 0 Å². The molecule has 0 unspecified atom stereocenters. The predicted octanol–water partition coefficient (Wildman–Crippen LogP) is 1.11. The van der Waals surface area contributed by atoms with Crippen LogP contribution in [0, 0.1) is 0 Å². The molecule has 0 saturated heterocycles. The molecule has 8 heteroatoms. The van der Waals surface area contributed by atoms with Gasteiger partial charge in [-0.1, -0.05) is 18.5 Å². The molecular formula is C12H17ClN2O4S. The van der Waals surface area contributed by atoms with Crippen molar-refractivity contribution in [3.63, 3.8) is 0 Å². The van der Waals surface area contributed by atoms with Gasteiger partial charge in [-0.15, -0.1) is 0 Å². The zero-order valence-corrected chi connectivity index (χ0v) is 13.1. The molecule has 0 aliphatic rings. The van der Waals surface area contributed by atoms with Crippen LogP contribution in [0.4, 0.5) is 0 Å². The van der Waals surface area contributed by atoms with Crippen LogP contribution in [0.1, 0.15) is 6.92 Å². The van der Waals surface area contributed by atoms with E-state index in [0.717, 1.165) is 4.31 Å². The molecule has 0 saturated carbocycles. The van der Waals surface area contributed by atoms with E-state index < -0.39 is 10.0 Å². The van der Waals surface area contributed by atoms with E-state index >= 15 is 0 Å². The number of nitrogens with zero attached hydrogens (tertiary/aromatic N) is 1. The summed E-state index contributed by atoms with van der Waals surface area (Å²) in [7, 11) is -0.876. The molecule has 6 nitrogen and oxygen atoms in total. The molecule has 1 rings (SSSR count). The Morgan fingerprint density at radius 1 is 1.45 bits per heavy atom. The molecule has 1 aromatic carbocycles. The summed E-state index contributed by atoms with van der Waals surface area (Å²) in [4.78, 5) is 11.4. The Hall–Kier alpha value is -1.31. The van der Waals surface area contributed by atoms with E-state index in [2.05, 4.69) is 5.32 Å². The van der Waals surface area contributed by atoms with Crippen LogP contribution in [0.15, 0.2) is 23.1 Å². The Bertz CT molecular complexity index is 589. The van der Waals surface area contributed by atoms with Crippen molar-refractivity contribution in [2.24, 2.45) is 0 Å². The summed E-state index contributed by atoms with van der Waals surface area (Å²) in [6, 6.07) is 4.18. The number of likely N-dealkylation sites (N-methyl/N-ethyl adjacent to an activating group) is 2. The summed E-state index contributed by atoms with van der Waals surface area (Å²) in [6.07, 6.45) is 0. The predicted molar refractivity (Wildman–Crippen MR) is 76.5 cm³/mol. The molecule has 0 aliphatic carbocycles. The largest absolute Gasteiger partial charge is 0.495 e. The lowest BCUT2D eigenvalue weighted by Gasteiger charge is -2.20. The molecule has 1 amide bonds. The molecular weight excluding hydrogens is 304 g/mol. The van der Waals surface area contributed by atoms with E-state index in [4.69, 9.17) is 16.3 Å². The van der Waals surface area contributed by atoms with Gasteiger partial charge in [0.15, 0.2) is 0 Å². The second-order valence-corrected chi connectivity index (χ2v) is 6.25. The van der Waals surface area contributed by atoms with Crippen LogP contribution in [0.5, 0.6) is 5.75 Å². The van der Waals surface area contributed by atoms with Gasteiger partial charge in [-0.25, -0.2) is 8.42 Å². The summed E-state index contributed by atoms with van der Waals surface area (Å²) in [6.45, 7) is 1.60. The number of rotatable bonds is 6.